The SMILES string of the molecule is N#Cc1c(I)cc(N)cc1C(F)(F)F. The number of nitriles is 1. The van der Waals surface area contributed by atoms with Crippen molar-refractivity contribution in [2.45, 2.75) is 6.18 Å². The highest BCUT2D eigenvalue weighted by Crippen LogP contribution is 2.34. The quantitative estimate of drug-likeness (QED) is 0.591. The van der Waals surface area contributed by atoms with Gasteiger partial charge in [-0.25, -0.2) is 0 Å². The van der Waals surface area contributed by atoms with Gasteiger partial charge in [0.1, 0.15) is 6.07 Å². The number of nitrogens with zero attached hydrogens (tertiary/aromatic N) is 1. The van der Waals surface area contributed by atoms with Crippen LogP contribution in [0.25, 0.3) is 0 Å². The Kier molecular flexibility index (Phi) is 2.89. The summed E-state index contributed by atoms with van der Waals surface area (Å²) < 4.78 is 37.4. The number of alkyl halides is 3. The molecule has 0 aliphatic rings. The van der Waals surface area contributed by atoms with Crippen LogP contribution >= 0.6 is 22.6 Å². The molecule has 0 radical (unpaired) electrons. The maximum absolute atomic E-state index is 12.4. The minimum Gasteiger partial charge on any atom is -0.399 e. The molecule has 1 rings (SSSR count). The van der Waals surface area contributed by atoms with Crippen LogP contribution in [-0.2, 0) is 6.18 Å². The maximum atomic E-state index is 12.4. The average Bonchev–Trinajstić information content (AvgIpc) is 2.01. The van der Waals surface area contributed by atoms with Crippen LogP contribution in [0, 0.1) is 14.9 Å². The fourth-order valence-electron chi connectivity index (χ4n) is 0.965. The van der Waals surface area contributed by atoms with Crippen molar-refractivity contribution in [2.75, 3.05) is 5.73 Å². The second-order valence-corrected chi connectivity index (χ2v) is 3.70. The highest BCUT2D eigenvalue weighted by molar-refractivity contribution is 14.1. The molecule has 2 N–H and O–H groups in total. The van der Waals surface area contributed by atoms with Crippen molar-refractivity contribution in [1.29, 1.82) is 5.26 Å². The van der Waals surface area contributed by atoms with E-state index in [2.05, 4.69) is 0 Å². The second-order valence-electron chi connectivity index (χ2n) is 2.53. The summed E-state index contributed by atoms with van der Waals surface area (Å²) in [5.74, 6) is 0. The lowest BCUT2D eigenvalue weighted by atomic mass is 10.1. The largest absolute Gasteiger partial charge is 0.417 e. The molecule has 0 spiro atoms. The molecule has 0 aromatic heterocycles. The Morgan fingerprint density at radius 1 is 1.36 bits per heavy atom. The molecule has 0 amide bonds. The Balaban J connectivity index is 3.50. The standard InChI is InChI=1S/C8H4F3IN2/c9-8(10,11)6-1-4(14)2-7(12)5(6)3-13/h1-2H,14H2. The molecule has 0 saturated heterocycles. The highest BCUT2D eigenvalue weighted by atomic mass is 127. The predicted octanol–water partition coefficient (Wildman–Crippen LogP) is 2.76. The van der Waals surface area contributed by atoms with Gasteiger partial charge in [-0.05, 0) is 34.7 Å². The number of halogens is 4. The van der Waals surface area contributed by atoms with Crippen LogP contribution < -0.4 is 5.73 Å². The minimum atomic E-state index is -4.54. The van der Waals surface area contributed by atoms with Gasteiger partial charge >= 0.3 is 6.18 Å². The molecular weight excluding hydrogens is 308 g/mol. The van der Waals surface area contributed by atoms with E-state index in [1.165, 1.54) is 12.1 Å². The van der Waals surface area contributed by atoms with E-state index in [1.807, 2.05) is 0 Å². The molecule has 0 atom stereocenters. The summed E-state index contributed by atoms with van der Waals surface area (Å²) >= 11 is 1.65. The number of nitrogens with two attached hydrogens (primary N) is 1. The lowest BCUT2D eigenvalue weighted by molar-refractivity contribution is -0.137. The number of hydrogen-bond acceptors (Lipinski definition) is 2. The van der Waals surface area contributed by atoms with Crippen LogP contribution in [0.15, 0.2) is 12.1 Å². The number of anilines is 1. The Morgan fingerprint density at radius 3 is 2.36 bits per heavy atom. The third-order valence-corrected chi connectivity index (χ3v) is 2.38. The van der Waals surface area contributed by atoms with Gasteiger partial charge < -0.3 is 5.73 Å². The predicted molar refractivity (Wildman–Crippen MR) is 53.3 cm³/mol. The summed E-state index contributed by atoms with van der Waals surface area (Å²) in [6, 6.07) is 3.61. The van der Waals surface area contributed by atoms with Gasteiger partial charge in [0.05, 0.1) is 11.1 Å². The van der Waals surface area contributed by atoms with Crippen molar-refractivity contribution >= 4 is 28.3 Å². The molecule has 0 aliphatic heterocycles. The van der Waals surface area contributed by atoms with Crippen molar-refractivity contribution in [3.05, 3.63) is 26.8 Å². The first kappa shape index (κ1) is 11.1. The van der Waals surface area contributed by atoms with E-state index in [9.17, 15) is 13.2 Å². The van der Waals surface area contributed by atoms with E-state index < -0.39 is 11.7 Å². The highest BCUT2D eigenvalue weighted by Gasteiger charge is 2.34. The minimum absolute atomic E-state index is 0.000671. The maximum Gasteiger partial charge on any atom is 0.417 e. The van der Waals surface area contributed by atoms with Crippen molar-refractivity contribution in [3.63, 3.8) is 0 Å². The van der Waals surface area contributed by atoms with Crippen molar-refractivity contribution in [3.8, 4) is 6.07 Å². The van der Waals surface area contributed by atoms with Gasteiger partial charge in [-0.1, -0.05) is 0 Å². The van der Waals surface area contributed by atoms with E-state index in [-0.39, 0.29) is 14.8 Å². The molecule has 0 bridgehead atoms. The molecule has 0 fully saturated rings. The second kappa shape index (κ2) is 3.65. The monoisotopic (exact) mass is 312 g/mol. The van der Waals surface area contributed by atoms with Crippen molar-refractivity contribution < 1.29 is 13.2 Å². The van der Waals surface area contributed by atoms with Crippen LogP contribution in [0.3, 0.4) is 0 Å². The zero-order valence-electron chi connectivity index (χ0n) is 6.69. The zero-order chi connectivity index (χ0) is 10.9. The van der Waals surface area contributed by atoms with E-state index in [4.69, 9.17) is 11.0 Å². The van der Waals surface area contributed by atoms with Gasteiger partial charge in [-0.15, -0.1) is 0 Å². The Hall–Kier alpha value is -0.970. The number of nitrogen functional groups attached to an aromatic ring is 1. The van der Waals surface area contributed by atoms with Crippen LogP contribution in [0.5, 0.6) is 0 Å². The van der Waals surface area contributed by atoms with Crippen molar-refractivity contribution in [2.24, 2.45) is 0 Å². The molecule has 6 heteroatoms. The summed E-state index contributed by atoms with van der Waals surface area (Å²) in [5, 5.41) is 8.56. The topological polar surface area (TPSA) is 49.8 Å². The molecule has 1 aromatic carbocycles. The number of rotatable bonds is 0. The molecule has 74 valence electrons. The van der Waals surface area contributed by atoms with Gasteiger partial charge in [-0.3, -0.25) is 0 Å². The fourth-order valence-corrected chi connectivity index (χ4v) is 1.74. The van der Waals surface area contributed by atoms with Crippen LogP contribution in [0.1, 0.15) is 11.1 Å². The first-order chi connectivity index (χ1) is 6.36. The van der Waals surface area contributed by atoms with Gasteiger partial charge in [0.2, 0.25) is 0 Å². The van der Waals surface area contributed by atoms with Gasteiger partial charge in [0.25, 0.3) is 0 Å². The Labute approximate surface area is 91.7 Å². The summed E-state index contributed by atoms with van der Waals surface area (Å²) in [6.45, 7) is 0. The average molecular weight is 312 g/mol. The van der Waals surface area contributed by atoms with Crippen molar-refractivity contribution in [1.82, 2.24) is 0 Å². The summed E-state index contributed by atoms with van der Waals surface area (Å²) in [7, 11) is 0. The first-order valence-electron chi connectivity index (χ1n) is 3.42. The Morgan fingerprint density at radius 2 is 1.93 bits per heavy atom. The molecule has 0 saturated carbocycles. The molecular formula is C8H4F3IN2. The third-order valence-electron chi connectivity index (χ3n) is 1.53. The fraction of sp³-hybridized carbons (Fsp3) is 0.125. The molecule has 0 heterocycles. The van der Waals surface area contributed by atoms with Crippen LogP contribution in [-0.4, -0.2) is 0 Å². The molecule has 1 aromatic rings. The normalized spacial score (nSPS) is 11.1. The van der Waals surface area contributed by atoms with Gasteiger partial charge in [0.15, 0.2) is 0 Å². The first-order valence-corrected chi connectivity index (χ1v) is 4.50. The number of benzene rings is 1. The smallest absolute Gasteiger partial charge is 0.399 e. The van der Waals surface area contributed by atoms with E-state index in [1.54, 1.807) is 22.6 Å². The zero-order valence-corrected chi connectivity index (χ0v) is 8.85. The van der Waals surface area contributed by atoms with E-state index in [0.717, 1.165) is 6.07 Å². The van der Waals surface area contributed by atoms with E-state index in [0.29, 0.717) is 0 Å². The lowest BCUT2D eigenvalue weighted by Crippen LogP contribution is -2.10. The van der Waals surface area contributed by atoms with Crippen LogP contribution in [0.2, 0.25) is 0 Å². The van der Waals surface area contributed by atoms with E-state index >= 15 is 0 Å². The summed E-state index contributed by atoms with van der Waals surface area (Å²) in [4.78, 5) is 0. The summed E-state index contributed by atoms with van der Waals surface area (Å²) in [6.07, 6.45) is -4.54. The van der Waals surface area contributed by atoms with Gasteiger partial charge in [0, 0.05) is 9.26 Å². The lowest BCUT2D eigenvalue weighted by Gasteiger charge is -2.10. The molecule has 0 aliphatic carbocycles. The number of hydrogen-bond donors (Lipinski definition) is 1. The molecule has 2 nitrogen and oxygen atoms in total. The molecule has 14 heavy (non-hydrogen) atoms. The van der Waals surface area contributed by atoms with Gasteiger partial charge in [-0.2, -0.15) is 18.4 Å². The Bertz CT molecular complexity index is 406. The third kappa shape index (κ3) is 2.09. The molecule has 0 unspecified atom stereocenters. The summed E-state index contributed by atoms with van der Waals surface area (Å²) in [5.41, 5.74) is 3.90. The van der Waals surface area contributed by atoms with Crippen LogP contribution in [0.4, 0.5) is 18.9 Å².